The molecule has 0 saturated heterocycles. The van der Waals surface area contributed by atoms with Crippen molar-refractivity contribution in [2.45, 2.75) is 13.0 Å². The van der Waals surface area contributed by atoms with Gasteiger partial charge in [-0.3, -0.25) is 4.79 Å². The monoisotopic (exact) mass is 361 g/mol. The quantitative estimate of drug-likeness (QED) is 0.759. The Hall–Kier alpha value is -4.11. The van der Waals surface area contributed by atoms with Crippen LogP contribution in [0.15, 0.2) is 42.9 Å². The number of nitrogens with one attached hydrogen (secondary N) is 1. The summed E-state index contributed by atoms with van der Waals surface area (Å²) in [7, 11) is 0. The molecule has 2 aromatic heterocycles. The van der Waals surface area contributed by atoms with E-state index >= 15 is 0 Å². The van der Waals surface area contributed by atoms with E-state index in [1.165, 1.54) is 23.3 Å². The number of benzene rings is 1. The molecule has 9 heteroatoms. The predicted molar refractivity (Wildman–Crippen MR) is 90.9 cm³/mol. The maximum Gasteiger partial charge on any atom is 0.252 e. The molecule has 0 saturated carbocycles. The highest BCUT2D eigenvalue weighted by Gasteiger charge is 2.19. The number of aromatic nitrogens is 4. The van der Waals surface area contributed by atoms with E-state index in [4.69, 9.17) is 10.5 Å². The third kappa shape index (κ3) is 3.78. The van der Waals surface area contributed by atoms with Gasteiger partial charge < -0.3 is 5.32 Å². The van der Waals surface area contributed by atoms with Crippen LogP contribution in [-0.2, 0) is 0 Å². The summed E-state index contributed by atoms with van der Waals surface area (Å²) >= 11 is 0. The first kappa shape index (κ1) is 17.7. The van der Waals surface area contributed by atoms with Crippen LogP contribution in [0.5, 0.6) is 0 Å². The standard InChI is InChI=1S/C18H12FN7O/c1-11(25-18(27)14-4-13(8-21)5-15(19)6-14)17-23-10-24-26(17)16-3-2-12(7-20)9-22-16/h2-6,9-11H,1H3,(H,25,27)/t11-/m0/s1. The maximum absolute atomic E-state index is 13.5. The molecular weight excluding hydrogens is 349 g/mol. The fourth-order valence-corrected chi connectivity index (χ4v) is 2.43. The van der Waals surface area contributed by atoms with Gasteiger partial charge >= 0.3 is 0 Å². The summed E-state index contributed by atoms with van der Waals surface area (Å²) < 4.78 is 15.0. The van der Waals surface area contributed by atoms with Crippen molar-refractivity contribution in [2.75, 3.05) is 0 Å². The van der Waals surface area contributed by atoms with E-state index in [-0.39, 0.29) is 11.1 Å². The van der Waals surface area contributed by atoms with E-state index in [0.29, 0.717) is 17.2 Å². The van der Waals surface area contributed by atoms with Gasteiger partial charge in [-0.05, 0) is 37.3 Å². The molecule has 0 unspecified atom stereocenters. The van der Waals surface area contributed by atoms with Gasteiger partial charge in [-0.15, -0.1) is 0 Å². The Bertz CT molecular complexity index is 1080. The third-order valence-electron chi connectivity index (χ3n) is 3.69. The summed E-state index contributed by atoms with van der Waals surface area (Å²) in [4.78, 5) is 20.7. The van der Waals surface area contributed by atoms with Gasteiger partial charge in [0.05, 0.1) is 23.2 Å². The molecule has 0 aliphatic rings. The molecule has 1 N–H and O–H groups in total. The second-order valence-electron chi connectivity index (χ2n) is 5.58. The first-order valence-electron chi connectivity index (χ1n) is 7.80. The lowest BCUT2D eigenvalue weighted by atomic mass is 10.1. The number of hydrogen-bond donors (Lipinski definition) is 1. The van der Waals surface area contributed by atoms with Crippen molar-refractivity contribution in [3.8, 4) is 18.0 Å². The van der Waals surface area contributed by atoms with E-state index < -0.39 is 17.8 Å². The van der Waals surface area contributed by atoms with Crippen molar-refractivity contribution in [2.24, 2.45) is 0 Å². The Kier molecular flexibility index (Phi) is 4.86. The van der Waals surface area contributed by atoms with Crippen LogP contribution in [-0.4, -0.2) is 25.7 Å². The lowest BCUT2D eigenvalue weighted by Crippen LogP contribution is -2.29. The zero-order chi connectivity index (χ0) is 19.4. The van der Waals surface area contributed by atoms with Gasteiger partial charge in [-0.25, -0.2) is 14.4 Å². The number of nitriles is 2. The normalized spacial score (nSPS) is 11.3. The lowest BCUT2D eigenvalue weighted by molar-refractivity contribution is 0.0937. The molecule has 1 atom stereocenters. The number of amides is 1. The summed E-state index contributed by atoms with van der Waals surface area (Å²) in [6.07, 6.45) is 2.72. The van der Waals surface area contributed by atoms with Gasteiger partial charge in [-0.1, -0.05) is 0 Å². The van der Waals surface area contributed by atoms with Crippen molar-refractivity contribution < 1.29 is 9.18 Å². The zero-order valence-electron chi connectivity index (χ0n) is 14.1. The van der Waals surface area contributed by atoms with Gasteiger partial charge in [-0.2, -0.15) is 20.3 Å². The molecule has 8 nitrogen and oxygen atoms in total. The largest absolute Gasteiger partial charge is 0.342 e. The number of carbonyl (C=O) groups excluding carboxylic acids is 1. The van der Waals surface area contributed by atoms with E-state index in [0.717, 1.165) is 12.1 Å². The molecule has 1 amide bonds. The topological polar surface area (TPSA) is 120 Å². The van der Waals surface area contributed by atoms with Gasteiger partial charge in [0, 0.05) is 11.8 Å². The summed E-state index contributed by atoms with van der Waals surface area (Å²) in [5.41, 5.74) is 0.486. The molecule has 0 aliphatic carbocycles. The van der Waals surface area contributed by atoms with E-state index in [1.807, 2.05) is 6.07 Å². The summed E-state index contributed by atoms with van der Waals surface area (Å²) in [6.45, 7) is 1.69. The van der Waals surface area contributed by atoms with Crippen LogP contribution in [0.3, 0.4) is 0 Å². The van der Waals surface area contributed by atoms with Crippen LogP contribution < -0.4 is 5.32 Å². The molecular formula is C18H12FN7O. The molecule has 3 aromatic rings. The minimum atomic E-state index is -0.670. The molecule has 27 heavy (non-hydrogen) atoms. The van der Waals surface area contributed by atoms with E-state index in [9.17, 15) is 9.18 Å². The van der Waals surface area contributed by atoms with Crippen LogP contribution in [0.25, 0.3) is 5.82 Å². The van der Waals surface area contributed by atoms with Crippen molar-refractivity contribution in [3.05, 3.63) is 71.2 Å². The van der Waals surface area contributed by atoms with Crippen LogP contribution in [0.2, 0.25) is 0 Å². The Morgan fingerprint density at radius 2 is 1.96 bits per heavy atom. The smallest absolute Gasteiger partial charge is 0.252 e. The van der Waals surface area contributed by atoms with Gasteiger partial charge in [0.25, 0.3) is 5.91 Å². The summed E-state index contributed by atoms with van der Waals surface area (Å²) in [5.74, 6) is -0.393. The van der Waals surface area contributed by atoms with Crippen molar-refractivity contribution >= 4 is 5.91 Å². The molecule has 0 spiro atoms. The van der Waals surface area contributed by atoms with Crippen molar-refractivity contribution in [1.82, 2.24) is 25.1 Å². The van der Waals surface area contributed by atoms with Crippen LogP contribution >= 0.6 is 0 Å². The molecule has 0 fully saturated rings. The highest BCUT2D eigenvalue weighted by atomic mass is 19.1. The fraction of sp³-hybridized carbons (Fsp3) is 0.111. The molecule has 2 heterocycles. The molecule has 0 bridgehead atoms. The van der Waals surface area contributed by atoms with E-state index in [1.54, 1.807) is 25.1 Å². The lowest BCUT2D eigenvalue weighted by Gasteiger charge is -2.14. The van der Waals surface area contributed by atoms with E-state index in [2.05, 4.69) is 20.4 Å². The minimum Gasteiger partial charge on any atom is -0.342 e. The Morgan fingerprint density at radius 3 is 2.63 bits per heavy atom. The Morgan fingerprint density at radius 1 is 1.19 bits per heavy atom. The molecule has 1 aromatic carbocycles. The zero-order valence-corrected chi connectivity index (χ0v) is 14.1. The van der Waals surface area contributed by atoms with Crippen LogP contribution in [0, 0.1) is 28.5 Å². The van der Waals surface area contributed by atoms with Crippen molar-refractivity contribution in [3.63, 3.8) is 0 Å². The fourth-order valence-electron chi connectivity index (χ4n) is 2.43. The third-order valence-corrected chi connectivity index (χ3v) is 3.69. The number of nitrogens with zero attached hydrogens (tertiary/aromatic N) is 6. The molecule has 0 radical (unpaired) electrons. The van der Waals surface area contributed by atoms with Crippen LogP contribution in [0.4, 0.5) is 4.39 Å². The summed E-state index contributed by atoms with van der Waals surface area (Å²) in [6, 6.07) is 9.81. The van der Waals surface area contributed by atoms with Gasteiger partial charge in [0.1, 0.15) is 18.2 Å². The second-order valence-corrected chi connectivity index (χ2v) is 5.58. The van der Waals surface area contributed by atoms with Crippen molar-refractivity contribution in [1.29, 1.82) is 10.5 Å². The average molecular weight is 361 g/mol. The number of rotatable bonds is 4. The Balaban J connectivity index is 1.83. The highest BCUT2D eigenvalue weighted by Crippen LogP contribution is 2.15. The number of carbonyl (C=O) groups is 1. The SMILES string of the molecule is C[C@H](NC(=O)c1cc(F)cc(C#N)c1)c1ncnn1-c1ccc(C#N)cn1. The number of pyridine rings is 1. The highest BCUT2D eigenvalue weighted by molar-refractivity contribution is 5.94. The average Bonchev–Trinajstić information content (AvgIpc) is 3.17. The first-order valence-corrected chi connectivity index (χ1v) is 7.80. The van der Waals surface area contributed by atoms with Gasteiger partial charge in [0.15, 0.2) is 11.6 Å². The number of halogens is 1. The Labute approximate surface area is 153 Å². The number of hydrogen-bond acceptors (Lipinski definition) is 6. The van der Waals surface area contributed by atoms with Gasteiger partial charge in [0.2, 0.25) is 0 Å². The maximum atomic E-state index is 13.5. The molecule has 0 aliphatic heterocycles. The second kappa shape index (κ2) is 7.42. The van der Waals surface area contributed by atoms with Crippen LogP contribution in [0.1, 0.15) is 40.3 Å². The summed E-state index contributed by atoms with van der Waals surface area (Å²) in [5, 5.41) is 24.5. The minimum absolute atomic E-state index is 0.0287. The first-order chi connectivity index (χ1) is 13.0. The predicted octanol–water partition coefficient (Wildman–Crippen LogP) is 2.04. The molecule has 132 valence electrons. The molecule has 3 rings (SSSR count).